The Bertz CT molecular complexity index is 932. The number of carbonyl (C=O) groups excluding carboxylic acids is 2. The first-order valence-electron chi connectivity index (χ1n) is 9.12. The van der Waals surface area contributed by atoms with E-state index in [9.17, 15) is 14.0 Å². The Morgan fingerprint density at radius 3 is 2.76 bits per heavy atom. The molecule has 0 saturated carbocycles. The number of halogens is 2. The van der Waals surface area contributed by atoms with E-state index >= 15 is 0 Å². The zero-order valence-electron chi connectivity index (χ0n) is 16.3. The molecule has 2 aromatic rings. The minimum absolute atomic E-state index is 0.160. The standard InChI is InChI=1S/C20H22ClFN4O3/c1-20(2,3)29-19(28)25-24-15-8-10-26(18(15)27)16-7-6-12(11-14(16)22)17-13(21)5-4-9-23-17/h4-7,9,11,15,24H,8,10H2,1-3H3,(H,25,28)/t15-/m0/s1. The van der Waals surface area contributed by atoms with Gasteiger partial charge in [-0.3, -0.25) is 15.2 Å². The molecule has 1 atom stereocenters. The van der Waals surface area contributed by atoms with Crippen molar-refractivity contribution >= 4 is 29.3 Å². The summed E-state index contributed by atoms with van der Waals surface area (Å²) in [7, 11) is 0. The van der Waals surface area contributed by atoms with Crippen molar-refractivity contribution < 1.29 is 18.7 Å². The maximum absolute atomic E-state index is 14.7. The number of rotatable bonds is 4. The summed E-state index contributed by atoms with van der Waals surface area (Å²) in [5.74, 6) is -0.901. The van der Waals surface area contributed by atoms with Gasteiger partial charge in [-0.25, -0.2) is 14.6 Å². The van der Waals surface area contributed by atoms with Crippen LogP contribution in [-0.2, 0) is 9.53 Å². The number of aromatic nitrogens is 1. The molecule has 7 nitrogen and oxygen atoms in total. The number of benzene rings is 1. The number of anilines is 1. The van der Waals surface area contributed by atoms with Gasteiger partial charge in [-0.05, 0) is 51.5 Å². The average molecular weight is 421 g/mol. The highest BCUT2D eigenvalue weighted by Gasteiger charge is 2.34. The molecular weight excluding hydrogens is 399 g/mol. The summed E-state index contributed by atoms with van der Waals surface area (Å²) >= 11 is 6.12. The van der Waals surface area contributed by atoms with Crippen molar-refractivity contribution in [3.63, 3.8) is 0 Å². The van der Waals surface area contributed by atoms with Gasteiger partial charge in [0.05, 0.1) is 16.4 Å². The number of hydrazine groups is 1. The molecule has 0 radical (unpaired) electrons. The quantitative estimate of drug-likeness (QED) is 0.737. The highest BCUT2D eigenvalue weighted by molar-refractivity contribution is 6.33. The van der Waals surface area contributed by atoms with Gasteiger partial charge in [-0.2, -0.15) is 0 Å². The van der Waals surface area contributed by atoms with E-state index in [-0.39, 0.29) is 11.6 Å². The van der Waals surface area contributed by atoms with Gasteiger partial charge in [-0.1, -0.05) is 17.7 Å². The molecule has 29 heavy (non-hydrogen) atoms. The van der Waals surface area contributed by atoms with E-state index in [1.165, 1.54) is 17.0 Å². The first-order chi connectivity index (χ1) is 13.7. The first-order valence-corrected chi connectivity index (χ1v) is 9.50. The highest BCUT2D eigenvalue weighted by Crippen LogP contribution is 2.31. The van der Waals surface area contributed by atoms with Gasteiger partial charge >= 0.3 is 6.09 Å². The van der Waals surface area contributed by atoms with E-state index < -0.39 is 23.6 Å². The van der Waals surface area contributed by atoms with Crippen LogP contribution in [0, 0.1) is 5.82 Å². The number of hydrogen-bond acceptors (Lipinski definition) is 5. The molecule has 2 amide bonds. The van der Waals surface area contributed by atoms with Crippen molar-refractivity contribution in [2.45, 2.75) is 38.8 Å². The molecule has 0 spiro atoms. The molecule has 1 aromatic heterocycles. The summed E-state index contributed by atoms with van der Waals surface area (Å²) in [5, 5.41) is 0.411. The van der Waals surface area contributed by atoms with Crippen LogP contribution in [0.4, 0.5) is 14.9 Å². The normalized spacial score (nSPS) is 16.8. The van der Waals surface area contributed by atoms with Crippen molar-refractivity contribution in [1.82, 2.24) is 15.8 Å². The summed E-state index contributed by atoms with van der Waals surface area (Å²) in [5.41, 5.74) is 5.50. The second-order valence-electron chi connectivity index (χ2n) is 7.60. The number of carbonyl (C=O) groups is 2. The van der Waals surface area contributed by atoms with E-state index in [4.69, 9.17) is 16.3 Å². The van der Waals surface area contributed by atoms with E-state index in [1.807, 2.05) is 0 Å². The molecule has 3 rings (SSSR count). The number of amides is 2. The van der Waals surface area contributed by atoms with Crippen LogP contribution in [0.15, 0.2) is 36.5 Å². The third-order valence-corrected chi connectivity index (χ3v) is 4.53. The number of hydrogen-bond donors (Lipinski definition) is 2. The third-order valence-electron chi connectivity index (χ3n) is 4.22. The summed E-state index contributed by atoms with van der Waals surface area (Å²) in [6, 6.07) is 7.19. The van der Waals surface area contributed by atoms with Crippen LogP contribution < -0.4 is 15.8 Å². The lowest BCUT2D eigenvalue weighted by Crippen LogP contribution is -2.49. The predicted octanol–water partition coefficient (Wildman–Crippen LogP) is 3.68. The molecule has 2 heterocycles. The van der Waals surface area contributed by atoms with Gasteiger partial charge in [0, 0.05) is 18.3 Å². The molecule has 1 aromatic carbocycles. The fourth-order valence-corrected chi connectivity index (χ4v) is 3.20. The number of pyridine rings is 1. The molecule has 0 unspecified atom stereocenters. The van der Waals surface area contributed by atoms with Crippen LogP contribution in [0.2, 0.25) is 5.02 Å². The van der Waals surface area contributed by atoms with Gasteiger partial charge in [-0.15, -0.1) is 0 Å². The maximum atomic E-state index is 14.7. The molecule has 1 fully saturated rings. The monoisotopic (exact) mass is 420 g/mol. The number of nitrogens with one attached hydrogen (secondary N) is 2. The van der Waals surface area contributed by atoms with Crippen molar-refractivity contribution in [2.24, 2.45) is 0 Å². The summed E-state index contributed by atoms with van der Waals surface area (Å²) in [6.07, 6.45) is 1.29. The second kappa shape index (κ2) is 8.34. The van der Waals surface area contributed by atoms with Gasteiger partial charge in [0.25, 0.3) is 0 Å². The summed E-state index contributed by atoms with van der Waals surface area (Å²) in [6.45, 7) is 5.52. The van der Waals surface area contributed by atoms with E-state index in [0.29, 0.717) is 29.2 Å². The topological polar surface area (TPSA) is 83.6 Å². The van der Waals surface area contributed by atoms with Crippen LogP contribution >= 0.6 is 11.6 Å². The maximum Gasteiger partial charge on any atom is 0.422 e. The van der Waals surface area contributed by atoms with E-state index in [0.717, 1.165) is 0 Å². The van der Waals surface area contributed by atoms with Crippen molar-refractivity contribution in [1.29, 1.82) is 0 Å². The van der Waals surface area contributed by atoms with E-state index in [2.05, 4.69) is 15.8 Å². The van der Waals surface area contributed by atoms with E-state index in [1.54, 1.807) is 45.2 Å². The van der Waals surface area contributed by atoms with Crippen LogP contribution in [-0.4, -0.2) is 35.2 Å². The van der Waals surface area contributed by atoms with Gasteiger partial charge in [0.15, 0.2) is 0 Å². The zero-order valence-corrected chi connectivity index (χ0v) is 17.1. The molecule has 1 aliphatic rings. The second-order valence-corrected chi connectivity index (χ2v) is 8.01. The Balaban J connectivity index is 1.68. The fourth-order valence-electron chi connectivity index (χ4n) is 2.97. The Morgan fingerprint density at radius 1 is 1.34 bits per heavy atom. The predicted molar refractivity (Wildman–Crippen MR) is 108 cm³/mol. The molecule has 9 heteroatoms. The summed E-state index contributed by atoms with van der Waals surface area (Å²) in [4.78, 5) is 29.9. The Morgan fingerprint density at radius 2 is 2.10 bits per heavy atom. The lowest BCUT2D eigenvalue weighted by molar-refractivity contribution is -0.119. The SMILES string of the molecule is CC(C)(C)OC(=O)NN[C@H]1CCN(c2ccc(-c3ncccc3Cl)cc2F)C1=O. The molecule has 1 aliphatic heterocycles. The Labute approximate surface area is 173 Å². The smallest absolute Gasteiger partial charge is 0.422 e. The third kappa shape index (κ3) is 5.02. The molecule has 2 N–H and O–H groups in total. The molecule has 0 aliphatic carbocycles. The van der Waals surface area contributed by atoms with Gasteiger partial charge < -0.3 is 9.64 Å². The van der Waals surface area contributed by atoms with Crippen LogP contribution in [0.5, 0.6) is 0 Å². The lowest BCUT2D eigenvalue weighted by Gasteiger charge is -2.21. The van der Waals surface area contributed by atoms with Crippen LogP contribution in [0.3, 0.4) is 0 Å². The zero-order chi connectivity index (χ0) is 21.2. The summed E-state index contributed by atoms with van der Waals surface area (Å²) < 4.78 is 19.9. The molecular formula is C20H22ClFN4O3. The number of ether oxygens (including phenoxy) is 1. The molecule has 1 saturated heterocycles. The first kappa shape index (κ1) is 21.0. The van der Waals surface area contributed by atoms with Crippen molar-refractivity contribution in [3.05, 3.63) is 47.4 Å². The van der Waals surface area contributed by atoms with Crippen LogP contribution in [0.1, 0.15) is 27.2 Å². The van der Waals surface area contributed by atoms with Crippen LogP contribution in [0.25, 0.3) is 11.3 Å². The Hall–Kier alpha value is -2.71. The fraction of sp³-hybridized carbons (Fsp3) is 0.350. The Kier molecular flexibility index (Phi) is 6.04. The number of nitrogens with zero attached hydrogens (tertiary/aromatic N) is 2. The molecule has 0 bridgehead atoms. The average Bonchev–Trinajstić information content (AvgIpc) is 2.99. The minimum Gasteiger partial charge on any atom is -0.443 e. The van der Waals surface area contributed by atoms with Crippen molar-refractivity contribution in [3.8, 4) is 11.3 Å². The minimum atomic E-state index is -0.688. The molecule has 154 valence electrons. The largest absolute Gasteiger partial charge is 0.443 e. The van der Waals surface area contributed by atoms with Gasteiger partial charge in [0.2, 0.25) is 5.91 Å². The highest BCUT2D eigenvalue weighted by atomic mass is 35.5. The lowest BCUT2D eigenvalue weighted by atomic mass is 10.1. The van der Waals surface area contributed by atoms with Gasteiger partial charge in [0.1, 0.15) is 17.5 Å². The van der Waals surface area contributed by atoms with Crippen molar-refractivity contribution in [2.75, 3.05) is 11.4 Å².